The molecule has 8 heteroatoms. The highest BCUT2D eigenvalue weighted by Gasteiger charge is 2.32. The molecule has 2 N–H and O–H groups in total. The lowest BCUT2D eigenvalue weighted by molar-refractivity contribution is -0.142. The van der Waals surface area contributed by atoms with Crippen LogP contribution in [-0.4, -0.2) is 54.6 Å². The molecule has 7 nitrogen and oxygen atoms in total. The summed E-state index contributed by atoms with van der Waals surface area (Å²) in [5, 5.41) is 11.1. The molecule has 2 atom stereocenters. The van der Waals surface area contributed by atoms with Crippen molar-refractivity contribution in [3.05, 3.63) is 0 Å². The predicted molar refractivity (Wildman–Crippen MR) is 69.0 cm³/mol. The Morgan fingerprint density at radius 1 is 1.47 bits per heavy atom. The molecule has 1 heterocycles. The summed E-state index contributed by atoms with van der Waals surface area (Å²) in [5.74, 6) is -1.97. The highest BCUT2D eigenvalue weighted by Crippen LogP contribution is 2.19. The van der Waals surface area contributed by atoms with Crippen molar-refractivity contribution in [2.24, 2.45) is 5.92 Å². The Morgan fingerprint density at radius 3 is 2.63 bits per heavy atom. The molecule has 1 fully saturated rings. The number of hydrogen-bond donors (Lipinski definition) is 2. The Labute approximate surface area is 113 Å². The highest BCUT2D eigenvalue weighted by molar-refractivity contribution is 7.89. The van der Waals surface area contributed by atoms with Crippen LogP contribution in [0.1, 0.15) is 26.7 Å². The van der Waals surface area contributed by atoms with Crippen LogP contribution in [0.5, 0.6) is 0 Å². The van der Waals surface area contributed by atoms with Crippen molar-refractivity contribution in [3.63, 3.8) is 0 Å². The molecule has 1 rings (SSSR count). The van der Waals surface area contributed by atoms with Crippen molar-refractivity contribution in [3.8, 4) is 0 Å². The Morgan fingerprint density at radius 2 is 2.11 bits per heavy atom. The number of carboxylic acid groups (broad SMARTS) is 1. The van der Waals surface area contributed by atoms with Gasteiger partial charge in [0.15, 0.2) is 0 Å². The van der Waals surface area contributed by atoms with Gasteiger partial charge in [-0.05, 0) is 26.7 Å². The summed E-state index contributed by atoms with van der Waals surface area (Å²) in [5.41, 5.74) is 0. The molecule has 0 aromatic heterocycles. The fraction of sp³-hybridized carbons (Fsp3) is 0.818. The van der Waals surface area contributed by atoms with Crippen LogP contribution in [0.25, 0.3) is 0 Å². The van der Waals surface area contributed by atoms with E-state index >= 15 is 0 Å². The average molecular weight is 292 g/mol. The fourth-order valence-electron chi connectivity index (χ4n) is 1.98. The molecule has 1 aliphatic rings. The molecule has 0 spiro atoms. The molecule has 0 aromatic rings. The highest BCUT2D eigenvalue weighted by atomic mass is 32.2. The van der Waals surface area contributed by atoms with Crippen molar-refractivity contribution in [1.29, 1.82) is 0 Å². The summed E-state index contributed by atoms with van der Waals surface area (Å²) in [7, 11) is -3.30. The third kappa shape index (κ3) is 4.17. The monoisotopic (exact) mass is 292 g/mol. The summed E-state index contributed by atoms with van der Waals surface area (Å²) in [4.78, 5) is 22.5. The number of carboxylic acids is 1. The van der Waals surface area contributed by atoms with Gasteiger partial charge >= 0.3 is 5.97 Å². The number of hydrogen-bond acceptors (Lipinski definition) is 4. The minimum atomic E-state index is -3.30. The molecule has 0 aliphatic carbocycles. The van der Waals surface area contributed by atoms with Crippen LogP contribution < -0.4 is 5.32 Å². The fourth-order valence-corrected chi connectivity index (χ4v) is 3.16. The second kappa shape index (κ2) is 6.33. The standard InChI is InChI=1S/C11H20N2O5S/c1-3-19(17,18)13-6-4-5-9(7-13)10(14)12-8(2)11(15)16/h8-9H,3-7H2,1-2H3,(H,12,14)(H,15,16). The van der Waals surface area contributed by atoms with Gasteiger partial charge in [-0.15, -0.1) is 0 Å². The Kier molecular flexibility index (Phi) is 5.30. The molecule has 1 amide bonds. The lowest BCUT2D eigenvalue weighted by Crippen LogP contribution is -2.48. The maximum Gasteiger partial charge on any atom is 0.325 e. The maximum atomic E-state index is 11.9. The normalized spacial score (nSPS) is 22.7. The number of piperidine rings is 1. The number of aliphatic carboxylic acids is 1. The average Bonchev–Trinajstić information content (AvgIpc) is 2.38. The van der Waals surface area contributed by atoms with Crippen molar-refractivity contribution < 1.29 is 23.1 Å². The van der Waals surface area contributed by atoms with E-state index in [4.69, 9.17) is 5.11 Å². The molecule has 0 aromatic carbocycles. The number of rotatable bonds is 5. The van der Waals surface area contributed by atoms with E-state index in [1.54, 1.807) is 6.92 Å². The molecular weight excluding hydrogens is 272 g/mol. The van der Waals surface area contributed by atoms with Gasteiger partial charge in [0.25, 0.3) is 0 Å². The largest absolute Gasteiger partial charge is 0.480 e. The molecule has 0 saturated carbocycles. The van der Waals surface area contributed by atoms with Crippen molar-refractivity contribution in [1.82, 2.24) is 9.62 Å². The Bertz CT molecular complexity index is 448. The van der Waals surface area contributed by atoms with Gasteiger partial charge in [0, 0.05) is 13.1 Å². The van der Waals surface area contributed by atoms with Crippen LogP contribution in [0, 0.1) is 5.92 Å². The zero-order chi connectivity index (χ0) is 14.6. The van der Waals surface area contributed by atoms with Gasteiger partial charge in [-0.2, -0.15) is 0 Å². The number of nitrogens with one attached hydrogen (secondary N) is 1. The number of carbonyl (C=O) groups excluding carboxylic acids is 1. The first-order chi connectivity index (χ1) is 8.77. The molecule has 0 radical (unpaired) electrons. The molecule has 19 heavy (non-hydrogen) atoms. The minimum absolute atomic E-state index is 0.00681. The third-order valence-electron chi connectivity index (χ3n) is 3.24. The van der Waals surface area contributed by atoms with Crippen molar-refractivity contribution in [2.75, 3.05) is 18.8 Å². The molecule has 0 bridgehead atoms. The molecule has 2 unspecified atom stereocenters. The van der Waals surface area contributed by atoms with E-state index in [9.17, 15) is 18.0 Å². The topological polar surface area (TPSA) is 104 Å². The number of carbonyl (C=O) groups is 2. The maximum absolute atomic E-state index is 11.9. The van der Waals surface area contributed by atoms with Crippen molar-refractivity contribution >= 4 is 21.9 Å². The first kappa shape index (κ1) is 15.9. The summed E-state index contributed by atoms with van der Waals surface area (Å²) in [6.45, 7) is 3.50. The second-order valence-corrected chi connectivity index (χ2v) is 6.92. The SMILES string of the molecule is CCS(=O)(=O)N1CCCC(C(=O)NC(C)C(=O)O)C1. The third-order valence-corrected chi connectivity index (χ3v) is 5.09. The zero-order valence-electron chi connectivity index (χ0n) is 11.1. The summed E-state index contributed by atoms with van der Waals surface area (Å²) >= 11 is 0. The van der Waals surface area contributed by atoms with Gasteiger partial charge in [0.2, 0.25) is 15.9 Å². The van der Waals surface area contributed by atoms with Crippen LogP contribution in [0.4, 0.5) is 0 Å². The minimum Gasteiger partial charge on any atom is -0.480 e. The van der Waals surface area contributed by atoms with E-state index < -0.39 is 33.9 Å². The quantitative estimate of drug-likeness (QED) is 0.720. The first-order valence-electron chi connectivity index (χ1n) is 6.29. The van der Waals surface area contributed by atoms with Gasteiger partial charge < -0.3 is 10.4 Å². The van der Waals surface area contributed by atoms with E-state index in [1.807, 2.05) is 0 Å². The Balaban J connectivity index is 2.65. The summed E-state index contributed by atoms with van der Waals surface area (Å²) in [6.07, 6.45) is 1.19. The van der Waals surface area contributed by atoms with Crippen LogP contribution in [0.3, 0.4) is 0 Å². The smallest absolute Gasteiger partial charge is 0.325 e. The molecule has 110 valence electrons. The summed E-state index contributed by atoms with van der Waals surface area (Å²) < 4.78 is 24.8. The van der Waals surface area contributed by atoms with Gasteiger partial charge in [-0.3, -0.25) is 9.59 Å². The van der Waals surface area contributed by atoms with Gasteiger partial charge in [-0.25, -0.2) is 12.7 Å². The number of sulfonamides is 1. The predicted octanol–water partition coefficient (Wildman–Crippen LogP) is -0.363. The van der Waals surface area contributed by atoms with E-state index in [2.05, 4.69) is 5.32 Å². The van der Waals surface area contributed by atoms with Crippen LogP contribution in [-0.2, 0) is 19.6 Å². The first-order valence-corrected chi connectivity index (χ1v) is 7.90. The lowest BCUT2D eigenvalue weighted by Gasteiger charge is -2.31. The van der Waals surface area contributed by atoms with E-state index in [0.29, 0.717) is 19.4 Å². The van der Waals surface area contributed by atoms with Crippen molar-refractivity contribution in [2.45, 2.75) is 32.7 Å². The van der Waals surface area contributed by atoms with Crippen LogP contribution in [0.15, 0.2) is 0 Å². The number of nitrogens with zero attached hydrogens (tertiary/aromatic N) is 1. The lowest BCUT2D eigenvalue weighted by atomic mass is 9.98. The van der Waals surface area contributed by atoms with Crippen LogP contribution in [0.2, 0.25) is 0 Å². The number of amides is 1. The van der Waals surface area contributed by atoms with E-state index in [0.717, 1.165) is 0 Å². The second-order valence-electron chi connectivity index (χ2n) is 4.67. The van der Waals surface area contributed by atoms with Gasteiger partial charge in [0.1, 0.15) is 6.04 Å². The summed E-state index contributed by atoms with van der Waals surface area (Å²) in [6, 6.07) is -0.967. The van der Waals surface area contributed by atoms with Crippen LogP contribution >= 0.6 is 0 Å². The molecule has 1 saturated heterocycles. The zero-order valence-corrected chi connectivity index (χ0v) is 11.9. The molecular formula is C11H20N2O5S. The van der Waals surface area contributed by atoms with Gasteiger partial charge in [0.05, 0.1) is 11.7 Å². The van der Waals surface area contributed by atoms with E-state index in [1.165, 1.54) is 11.2 Å². The Hall–Kier alpha value is -1.15. The molecule has 1 aliphatic heterocycles. The van der Waals surface area contributed by atoms with E-state index in [-0.39, 0.29) is 12.3 Å². The van der Waals surface area contributed by atoms with Gasteiger partial charge in [-0.1, -0.05) is 0 Å².